The average Bonchev–Trinajstić information content (AvgIpc) is 3.12. The molecule has 7 heteroatoms. The van der Waals surface area contributed by atoms with Crippen molar-refractivity contribution in [3.63, 3.8) is 0 Å². The molecule has 3 heterocycles. The zero-order chi connectivity index (χ0) is 17.4. The highest BCUT2D eigenvalue weighted by Crippen LogP contribution is 2.35. The maximum Gasteiger partial charge on any atom is 0.243 e. The van der Waals surface area contributed by atoms with Crippen molar-refractivity contribution in [3.05, 3.63) is 53.6 Å². The Kier molecular flexibility index (Phi) is 4.31. The fourth-order valence-corrected chi connectivity index (χ4v) is 5.32. The van der Waals surface area contributed by atoms with E-state index in [4.69, 9.17) is 4.98 Å². The first-order valence-corrected chi connectivity index (χ1v) is 10.1. The Labute approximate surface area is 148 Å². The van der Waals surface area contributed by atoms with Crippen LogP contribution < -0.4 is 0 Å². The third-order valence-electron chi connectivity index (χ3n) is 4.99. The van der Waals surface area contributed by atoms with Gasteiger partial charge in [-0.2, -0.15) is 4.31 Å². The Bertz CT molecular complexity index is 870. The van der Waals surface area contributed by atoms with Gasteiger partial charge in [0.05, 0.1) is 10.9 Å². The molecule has 0 radical (unpaired) electrons. The summed E-state index contributed by atoms with van der Waals surface area (Å²) in [4.78, 5) is 11.8. The lowest BCUT2D eigenvalue weighted by atomic mass is 10.1. The van der Waals surface area contributed by atoms with E-state index in [1.54, 1.807) is 28.6 Å². The molecule has 2 aliphatic heterocycles. The number of rotatable bonds is 3. The molecule has 0 N–H and O–H groups in total. The molecule has 25 heavy (non-hydrogen) atoms. The zero-order valence-corrected chi connectivity index (χ0v) is 15.1. The minimum atomic E-state index is -3.52. The SMILES string of the molecule is CN1CCc2nc([C@H]3CCCN3S(=O)(=O)c3ccccc3)ncc2C1. The molecule has 0 aliphatic carbocycles. The van der Waals surface area contributed by atoms with Gasteiger partial charge in [0.2, 0.25) is 10.0 Å². The highest BCUT2D eigenvalue weighted by molar-refractivity contribution is 7.89. The average molecular weight is 358 g/mol. The van der Waals surface area contributed by atoms with Crippen molar-refractivity contribution in [1.82, 2.24) is 19.2 Å². The van der Waals surface area contributed by atoms with Crippen LogP contribution in [0.5, 0.6) is 0 Å². The van der Waals surface area contributed by atoms with Crippen molar-refractivity contribution in [2.45, 2.75) is 36.7 Å². The van der Waals surface area contributed by atoms with Crippen LogP contribution in [0, 0.1) is 0 Å². The lowest BCUT2D eigenvalue weighted by molar-refractivity contribution is 0.306. The van der Waals surface area contributed by atoms with Gasteiger partial charge in [-0.1, -0.05) is 18.2 Å². The van der Waals surface area contributed by atoms with E-state index in [2.05, 4.69) is 16.9 Å². The predicted octanol–water partition coefficient (Wildman–Crippen LogP) is 1.99. The quantitative estimate of drug-likeness (QED) is 0.839. The molecule has 1 fully saturated rings. The summed E-state index contributed by atoms with van der Waals surface area (Å²) in [5.74, 6) is 0.639. The van der Waals surface area contributed by atoms with Gasteiger partial charge in [-0.15, -0.1) is 0 Å². The topological polar surface area (TPSA) is 66.4 Å². The molecule has 6 nitrogen and oxygen atoms in total. The van der Waals surface area contributed by atoms with E-state index in [0.29, 0.717) is 17.3 Å². The van der Waals surface area contributed by atoms with Crippen LogP contribution in [0.2, 0.25) is 0 Å². The maximum atomic E-state index is 13.0. The van der Waals surface area contributed by atoms with Crippen LogP contribution in [0.15, 0.2) is 41.4 Å². The highest BCUT2D eigenvalue weighted by atomic mass is 32.2. The molecule has 0 unspecified atom stereocenters. The summed E-state index contributed by atoms with van der Waals surface area (Å²) in [6.45, 7) is 2.34. The molecule has 4 rings (SSSR count). The normalized spacial score (nSPS) is 22.0. The third-order valence-corrected chi connectivity index (χ3v) is 6.92. The van der Waals surface area contributed by atoms with Crippen molar-refractivity contribution >= 4 is 10.0 Å². The van der Waals surface area contributed by atoms with Crippen LogP contribution in [0.25, 0.3) is 0 Å². The van der Waals surface area contributed by atoms with Crippen LogP contribution in [-0.2, 0) is 23.0 Å². The van der Waals surface area contributed by atoms with Crippen LogP contribution in [-0.4, -0.2) is 47.7 Å². The van der Waals surface area contributed by atoms with Crippen molar-refractivity contribution in [1.29, 1.82) is 0 Å². The van der Waals surface area contributed by atoms with Gasteiger partial charge >= 0.3 is 0 Å². The number of fused-ring (bicyclic) bond motifs is 1. The summed E-state index contributed by atoms with van der Waals surface area (Å²) in [6, 6.07) is 8.36. The predicted molar refractivity (Wildman–Crippen MR) is 94.4 cm³/mol. The Morgan fingerprint density at radius 2 is 1.96 bits per heavy atom. The molecule has 1 aromatic heterocycles. The lowest BCUT2D eigenvalue weighted by Gasteiger charge is -2.26. The zero-order valence-electron chi connectivity index (χ0n) is 14.3. The first kappa shape index (κ1) is 16.6. The summed E-state index contributed by atoms with van der Waals surface area (Å²) in [5, 5.41) is 0. The van der Waals surface area contributed by atoms with Crippen molar-refractivity contribution < 1.29 is 8.42 Å². The molecular weight excluding hydrogens is 336 g/mol. The van der Waals surface area contributed by atoms with Gasteiger partial charge in [-0.3, -0.25) is 0 Å². The number of sulfonamides is 1. The summed E-state index contributed by atoms with van der Waals surface area (Å²) in [7, 11) is -1.44. The van der Waals surface area contributed by atoms with Crippen molar-refractivity contribution in [2.75, 3.05) is 20.1 Å². The van der Waals surface area contributed by atoms with Gasteiger partial charge in [-0.25, -0.2) is 18.4 Å². The van der Waals surface area contributed by atoms with E-state index in [-0.39, 0.29) is 6.04 Å². The standard InChI is InChI=1S/C18H22N4O2S/c1-21-11-9-16-14(13-21)12-19-18(20-16)17-8-5-10-22(17)25(23,24)15-6-3-2-4-7-15/h2-4,6-7,12,17H,5,8-11,13H2,1H3/t17-/m1/s1. The molecule has 1 atom stereocenters. The molecule has 0 bridgehead atoms. The second-order valence-electron chi connectivity index (χ2n) is 6.77. The van der Waals surface area contributed by atoms with Crippen LogP contribution in [0.3, 0.4) is 0 Å². The number of aromatic nitrogens is 2. The first-order chi connectivity index (χ1) is 12.1. The van der Waals surface area contributed by atoms with E-state index in [9.17, 15) is 8.42 Å². The van der Waals surface area contributed by atoms with Crippen molar-refractivity contribution in [3.8, 4) is 0 Å². The van der Waals surface area contributed by atoms with Gasteiger partial charge < -0.3 is 4.90 Å². The number of benzene rings is 1. The molecule has 0 spiro atoms. The number of hydrogen-bond acceptors (Lipinski definition) is 5. The highest BCUT2D eigenvalue weighted by Gasteiger charge is 2.38. The van der Waals surface area contributed by atoms with E-state index in [1.807, 2.05) is 12.3 Å². The second-order valence-corrected chi connectivity index (χ2v) is 8.67. The summed E-state index contributed by atoms with van der Waals surface area (Å²) >= 11 is 0. The third kappa shape index (κ3) is 3.07. The van der Waals surface area contributed by atoms with E-state index < -0.39 is 10.0 Å². The Hall–Kier alpha value is -1.83. The molecule has 0 saturated carbocycles. The molecule has 0 amide bonds. The number of hydrogen-bond donors (Lipinski definition) is 0. The molecule has 2 aromatic rings. The minimum absolute atomic E-state index is 0.268. The summed E-state index contributed by atoms with van der Waals surface area (Å²) in [5.41, 5.74) is 2.21. The number of likely N-dealkylation sites (N-methyl/N-ethyl adjacent to an activating group) is 1. The Morgan fingerprint density at radius 1 is 1.16 bits per heavy atom. The summed E-state index contributed by atoms with van der Waals surface area (Å²) in [6.07, 6.45) is 4.36. The van der Waals surface area contributed by atoms with E-state index >= 15 is 0 Å². The molecule has 132 valence electrons. The van der Waals surface area contributed by atoms with E-state index in [0.717, 1.165) is 43.6 Å². The van der Waals surface area contributed by atoms with Gasteiger partial charge in [0.15, 0.2) is 0 Å². The fourth-order valence-electron chi connectivity index (χ4n) is 3.65. The van der Waals surface area contributed by atoms with Crippen molar-refractivity contribution in [2.24, 2.45) is 0 Å². The monoisotopic (exact) mass is 358 g/mol. The van der Waals surface area contributed by atoms with Gasteiger partial charge in [-0.05, 0) is 32.0 Å². The summed E-state index contributed by atoms with van der Waals surface area (Å²) < 4.78 is 27.6. The smallest absolute Gasteiger partial charge is 0.243 e. The largest absolute Gasteiger partial charge is 0.302 e. The Morgan fingerprint density at radius 3 is 2.76 bits per heavy atom. The lowest BCUT2D eigenvalue weighted by Crippen LogP contribution is -2.33. The molecule has 2 aliphatic rings. The maximum absolute atomic E-state index is 13.0. The minimum Gasteiger partial charge on any atom is -0.302 e. The fraction of sp³-hybridized carbons (Fsp3) is 0.444. The van der Waals surface area contributed by atoms with Crippen LogP contribution >= 0.6 is 0 Å². The number of nitrogens with zero attached hydrogens (tertiary/aromatic N) is 4. The molecule has 1 saturated heterocycles. The van der Waals surface area contributed by atoms with Gasteiger partial charge in [0.25, 0.3) is 0 Å². The second kappa shape index (κ2) is 6.48. The molecular formula is C18H22N4O2S. The molecule has 1 aromatic carbocycles. The van der Waals surface area contributed by atoms with E-state index in [1.165, 1.54) is 0 Å². The van der Waals surface area contributed by atoms with Gasteiger partial charge in [0, 0.05) is 43.5 Å². The van der Waals surface area contributed by atoms with Crippen LogP contribution in [0.1, 0.15) is 36.0 Å². The van der Waals surface area contributed by atoms with Gasteiger partial charge in [0.1, 0.15) is 5.82 Å². The van der Waals surface area contributed by atoms with Crippen LogP contribution in [0.4, 0.5) is 0 Å². The first-order valence-electron chi connectivity index (χ1n) is 8.66. The Balaban J connectivity index is 1.66.